The van der Waals surface area contributed by atoms with Gasteiger partial charge in [-0.15, -0.1) is 5.10 Å². The normalized spacial score (nSPS) is 17.0. The molecule has 1 fully saturated rings. The number of aromatic nitrogens is 3. The van der Waals surface area contributed by atoms with Crippen molar-refractivity contribution in [1.82, 2.24) is 19.9 Å². The van der Waals surface area contributed by atoms with Gasteiger partial charge in [-0.3, -0.25) is 4.79 Å². The van der Waals surface area contributed by atoms with Gasteiger partial charge in [0.1, 0.15) is 11.9 Å². The first-order valence-corrected chi connectivity index (χ1v) is 8.63. The van der Waals surface area contributed by atoms with Gasteiger partial charge in [-0.1, -0.05) is 6.07 Å². The molecular formula is C18H17F3N6O. The molecule has 0 saturated carbocycles. The number of pyridine rings is 1. The van der Waals surface area contributed by atoms with Crippen LogP contribution in [0, 0.1) is 0 Å². The molecule has 2 N–H and O–H groups in total. The molecule has 1 aliphatic heterocycles. The van der Waals surface area contributed by atoms with Crippen molar-refractivity contribution in [2.24, 2.45) is 0 Å². The fourth-order valence-electron chi connectivity index (χ4n) is 3.19. The van der Waals surface area contributed by atoms with Crippen LogP contribution < -0.4 is 15.5 Å². The highest BCUT2D eigenvalue weighted by molar-refractivity contribution is 5.86. The van der Waals surface area contributed by atoms with E-state index >= 15 is 0 Å². The molecule has 0 aliphatic carbocycles. The number of benzene rings is 1. The highest BCUT2D eigenvalue weighted by Crippen LogP contribution is 2.30. The van der Waals surface area contributed by atoms with Gasteiger partial charge in [0, 0.05) is 19.3 Å². The van der Waals surface area contributed by atoms with E-state index in [0.717, 1.165) is 12.1 Å². The van der Waals surface area contributed by atoms with Gasteiger partial charge in [0.15, 0.2) is 5.65 Å². The van der Waals surface area contributed by atoms with Gasteiger partial charge < -0.3 is 15.5 Å². The van der Waals surface area contributed by atoms with E-state index in [9.17, 15) is 18.0 Å². The van der Waals surface area contributed by atoms with Crippen molar-refractivity contribution in [3.05, 3.63) is 48.0 Å². The zero-order valence-electron chi connectivity index (χ0n) is 14.9. The SMILES string of the molecule is CN(c1cccc2nc(Nc3ccc(C(F)(F)F)cc3)nn12)[C@@H]1CCNC1=O. The first kappa shape index (κ1) is 18.1. The van der Waals surface area contributed by atoms with E-state index in [0.29, 0.717) is 30.1 Å². The molecular weight excluding hydrogens is 373 g/mol. The third-order valence-electron chi connectivity index (χ3n) is 4.66. The average molecular weight is 390 g/mol. The van der Waals surface area contributed by atoms with Crippen molar-refractivity contribution in [3.8, 4) is 0 Å². The molecule has 28 heavy (non-hydrogen) atoms. The molecule has 0 spiro atoms. The van der Waals surface area contributed by atoms with Crippen molar-refractivity contribution in [3.63, 3.8) is 0 Å². The van der Waals surface area contributed by atoms with E-state index < -0.39 is 11.7 Å². The summed E-state index contributed by atoms with van der Waals surface area (Å²) in [6.07, 6.45) is -3.69. The van der Waals surface area contributed by atoms with E-state index in [4.69, 9.17) is 0 Å². The predicted molar refractivity (Wildman–Crippen MR) is 97.5 cm³/mol. The van der Waals surface area contributed by atoms with Gasteiger partial charge in [0.05, 0.1) is 5.56 Å². The summed E-state index contributed by atoms with van der Waals surface area (Å²) < 4.78 is 39.6. The Labute approximate surface area is 158 Å². The summed E-state index contributed by atoms with van der Waals surface area (Å²) in [4.78, 5) is 18.2. The van der Waals surface area contributed by atoms with Crippen molar-refractivity contribution in [1.29, 1.82) is 0 Å². The first-order chi connectivity index (χ1) is 13.3. The molecule has 4 rings (SSSR count). The van der Waals surface area contributed by atoms with Gasteiger partial charge in [-0.25, -0.2) is 0 Å². The predicted octanol–water partition coefficient (Wildman–Crippen LogP) is 2.82. The molecule has 1 amide bonds. The Bertz CT molecular complexity index is 1010. The van der Waals surface area contributed by atoms with Crippen LogP contribution >= 0.6 is 0 Å². The van der Waals surface area contributed by atoms with E-state index in [-0.39, 0.29) is 17.9 Å². The number of halogens is 3. The van der Waals surface area contributed by atoms with E-state index in [1.54, 1.807) is 10.6 Å². The van der Waals surface area contributed by atoms with Gasteiger partial charge in [-0.2, -0.15) is 22.7 Å². The summed E-state index contributed by atoms with van der Waals surface area (Å²) in [6, 6.07) is 9.75. The minimum absolute atomic E-state index is 0.0391. The number of alkyl halides is 3. The number of carbonyl (C=O) groups excluding carboxylic acids is 1. The summed E-state index contributed by atoms with van der Waals surface area (Å²) in [7, 11) is 1.81. The number of hydrogen-bond donors (Lipinski definition) is 2. The Morgan fingerprint density at radius 1 is 1.21 bits per heavy atom. The topological polar surface area (TPSA) is 74.6 Å². The zero-order valence-corrected chi connectivity index (χ0v) is 14.9. The monoisotopic (exact) mass is 390 g/mol. The third kappa shape index (κ3) is 3.32. The van der Waals surface area contributed by atoms with Crippen molar-refractivity contribution < 1.29 is 18.0 Å². The molecule has 7 nitrogen and oxygen atoms in total. The first-order valence-electron chi connectivity index (χ1n) is 8.63. The van der Waals surface area contributed by atoms with Crippen LogP contribution in [0.3, 0.4) is 0 Å². The number of carbonyl (C=O) groups is 1. The second-order valence-electron chi connectivity index (χ2n) is 6.50. The van der Waals surface area contributed by atoms with Crippen molar-refractivity contribution in [2.45, 2.75) is 18.6 Å². The molecule has 146 valence electrons. The number of rotatable bonds is 4. The Balaban J connectivity index is 1.60. The lowest BCUT2D eigenvalue weighted by atomic mass is 10.2. The Morgan fingerprint density at radius 3 is 2.61 bits per heavy atom. The number of anilines is 3. The van der Waals surface area contributed by atoms with Crippen LogP contribution in [0.15, 0.2) is 42.5 Å². The molecule has 2 aromatic heterocycles. The molecule has 1 aromatic carbocycles. The summed E-state index contributed by atoms with van der Waals surface area (Å²) in [6.45, 7) is 0.627. The van der Waals surface area contributed by atoms with E-state index in [1.807, 2.05) is 24.1 Å². The highest BCUT2D eigenvalue weighted by Gasteiger charge is 2.30. The van der Waals surface area contributed by atoms with Gasteiger partial charge in [-0.05, 0) is 42.8 Å². The van der Waals surface area contributed by atoms with Crippen LogP contribution in [0.2, 0.25) is 0 Å². The fraction of sp³-hybridized carbons (Fsp3) is 0.278. The number of hydrogen-bond acceptors (Lipinski definition) is 5. The number of nitrogens with zero attached hydrogens (tertiary/aromatic N) is 4. The fourth-order valence-corrected chi connectivity index (χ4v) is 3.19. The van der Waals surface area contributed by atoms with Crippen LogP contribution in [-0.2, 0) is 11.0 Å². The quantitative estimate of drug-likeness (QED) is 0.717. The van der Waals surface area contributed by atoms with Crippen LogP contribution in [0.5, 0.6) is 0 Å². The van der Waals surface area contributed by atoms with E-state index in [2.05, 4.69) is 20.7 Å². The smallest absolute Gasteiger partial charge is 0.354 e. The lowest BCUT2D eigenvalue weighted by molar-refractivity contribution is -0.137. The lowest BCUT2D eigenvalue weighted by Crippen LogP contribution is -2.38. The second kappa shape index (κ2) is 6.70. The van der Waals surface area contributed by atoms with Crippen LogP contribution in [0.4, 0.5) is 30.6 Å². The molecule has 1 atom stereocenters. The molecule has 3 aromatic rings. The second-order valence-corrected chi connectivity index (χ2v) is 6.50. The molecule has 0 unspecified atom stereocenters. The standard InChI is InChI=1S/C18H17F3N6O/c1-26(13-9-10-22-16(13)28)15-4-2-3-14-24-17(25-27(14)15)23-12-7-5-11(6-8-12)18(19,20)21/h2-8,13H,9-10H2,1H3,(H,22,28)(H,23,25)/t13-/m1/s1. The minimum atomic E-state index is -4.38. The van der Waals surface area contributed by atoms with Crippen LogP contribution in [0.25, 0.3) is 5.65 Å². The van der Waals surface area contributed by atoms with E-state index in [1.165, 1.54) is 12.1 Å². The number of fused-ring (bicyclic) bond motifs is 1. The third-order valence-corrected chi connectivity index (χ3v) is 4.66. The maximum atomic E-state index is 12.7. The number of nitrogens with one attached hydrogen (secondary N) is 2. The van der Waals surface area contributed by atoms with Gasteiger partial charge in [0.2, 0.25) is 11.9 Å². The maximum absolute atomic E-state index is 12.7. The minimum Gasteiger partial charge on any atom is -0.354 e. The van der Waals surface area contributed by atoms with Gasteiger partial charge >= 0.3 is 6.18 Å². The number of likely N-dealkylation sites (N-methyl/N-ethyl adjacent to an activating group) is 1. The highest BCUT2D eigenvalue weighted by atomic mass is 19.4. The average Bonchev–Trinajstić information content (AvgIpc) is 3.26. The molecule has 10 heteroatoms. The largest absolute Gasteiger partial charge is 0.416 e. The number of amides is 1. The maximum Gasteiger partial charge on any atom is 0.416 e. The lowest BCUT2D eigenvalue weighted by Gasteiger charge is -2.24. The molecule has 0 radical (unpaired) electrons. The summed E-state index contributed by atoms with van der Waals surface area (Å²) in [5.74, 6) is 0.895. The van der Waals surface area contributed by atoms with Crippen molar-refractivity contribution in [2.75, 3.05) is 23.8 Å². The van der Waals surface area contributed by atoms with Gasteiger partial charge in [0.25, 0.3) is 0 Å². The van der Waals surface area contributed by atoms with Crippen molar-refractivity contribution >= 4 is 29.0 Å². The molecule has 1 saturated heterocycles. The summed E-state index contributed by atoms with van der Waals surface area (Å²) in [5.41, 5.74) is 0.269. The summed E-state index contributed by atoms with van der Waals surface area (Å²) >= 11 is 0. The summed E-state index contributed by atoms with van der Waals surface area (Å²) in [5, 5.41) is 10.1. The molecule has 3 heterocycles. The Hall–Kier alpha value is -3.30. The van der Waals surface area contributed by atoms with Crippen LogP contribution in [-0.4, -0.2) is 40.1 Å². The molecule has 1 aliphatic rings. The Morgan fingerprint density at radius 2 is 1.96 bits per heavy atom. The molecule has 0 bridgehead atoms. The van der Waals surface area contributed by atoms with Crippen LogP contribution in [0.1, 0.15) is 12.0 Å². The Kier molecular flexibility index (Phi) is 4.33. The zero-order chi connectivity index (χ0) is 19.9.